The van der Waals surface area contributed by atoms with Gasteiger partial charge in [-0.05, 0) is 35.6 Å². The molecule has 1 unspecified atom stereocenters. The number of hydrogen-bond acceptors (Lipinski definition) is 5. The zero-order valence-corrected chi connectivity index (χ0v) is 16.1. The summed E-state index contributed by atoms with van der Waals surface area (Å²) < 4.78 is 5.46. The van der Waals surface area contributed by atoms with Crippen LogP contribution in [-0.2, 0) is 16.1 Å². The smallest absolute Gasteiger partial charge is 0.244 e. The van der Waals surface area contributed by atoms with Gasteiger partial charge in [0.05, 0.1) is 13.2 Å². The van der Waals surface area contributed by atoms with Gasteiger partial charge in [0.15, 0.2) is 0 Å². The first-order valence-corrected chi connectivity index (χ1v) is 10.0. The molecule has 1 amide bonds. The number of amides is 1. The van der Waals surface area contributed by atoms with E-state index in [2.05, 4.69) is 34.3 Å². The number of carbonyl (C=O) groups is 1. The number of thioether (sulfide) groups is 1. The van der Waals surface area contributed by atoms with Crippen LogP contribution < -0.4 is 0 Å². The summed E-state index contributed by atoms with van der Waals surface area (Å²) in [6, 6.07) is 11.9. The number of ether oxygens (including phenoxy) is 1. The van der Waals surface area contributed by atoms with Crippen molar-refractivity contribution in [2.45, 2.75) is 17.5 Å². The molecule has 2 aromatic rings. The molecule has 0 N–H and O–H groups in total. The van der Waals surface area contributed by atoms with Crippen molar-refractivity contribution >= 4 is 17.7 Å². The molecule has 1 aliphatic rings. The van der Waals surface area contributed by atoms with Crippen molar-refractivity contribution in [1.29, 1.82) is 0 Å². The van der Waals surface area contributed by atoms with Crippen molar-refractivity contribution < 1.29 is 9.53 Å². The highest BCUT2D eigenvalue weighted by Gasteiger charge is 2.31. The minimum absolute atomic E-state index is 0.0921. The molecule has 2 heterocycles. The van der Waals surface area contributed by atoms with Gasteiger partial charge in [-0.3, -0.25) is 14.7 Å². The van der Waals surface area contributed by atoms with E-state index in [1.165, 1.54) is 4.90 Å². The Morgan fingerprint density at radius 1 is 1.31 bits per heavy atom. The summed E-state index contributed by atoms with van der Waals surface area (Å²) in [5.74, 6) is 0.0921. The number of rotatable bonds is 6. The van der Waals surface area contributed by atoms with Crippen LogP contribution in [0.1, 0.15) is 17.2 Å². The second kappa shape index (κ2) is 9.16. The third-order valence-electron chi connectivity index (χ3n) is 4.58. The predicted octanol–water partition coefficient (Wildman–Crippen LogP) is 2.84. The summed E-state index contributed by atoms with van der Waals surface area (Å²) in [4.78, 5) is 22.7. The van der Waals surface area contributed by atoms with Crippen LogP contribution in [0, 0.1) is 0 Å². The highest BCUT2D eigenvalue weighted by molar-refractivity contribution is 7.98. The molecular weight excluding hydrogens is 346 g/mol. The normalized spacial score (nSPS) is 16.2. The second-order valence-corrected chi connectivity index (χ2v) is 7.26. The molecule has 0 bridgehead atoms. The number of aromatic nitrogens is 1. The van der Waals surface area contributed by atoms with Gasteiger partial charge in [0, 0.05) is 44.0 Å². The van der Waals surface area contributed by atoms with E-state index in [9.17, 15) is 4.79 Å². The van der Waals surface area contributed by atoms with Gasteiger partial charge in [-0.2, -0.15) is 0 Å². The van der Waals surface area contributed by atoms with Gasteiger partial charge in [0.2, 0.25) is 5.91 Å². The van der Waals surface area contributed by atoms with Crippen molar-refractivity contribution in [3.8, 4) is 0 Å². The van der Waals surface area contributed by atoms with E-state index in [0.717, 1.165) is 24.2 Å². The fourth-order valence-corrected chi connectivity index (χ4v) is 3.70. The Labute approximate surface area is 159 Å². The molecule has 0 aliphatic carbocycles. The largest absolute Gasteiger partial charge is 0.379 e. The minimum atomic E-state index is -0.318. The molecule has 0 radical (unpaired) electrons. The first-order chi connectivity index (χ1) is 12.7. The molecule has 1 saturated heterocycles. The number of likely N-dealkylation sites (N-methyl/N-ethyl adjacent to an activating group) is 1. The van der Waals surface area contributed by atoms with Crippen LogP contribution in [0.25, 0.3) is 0 Å². The lowest BCUT2D eigenvalue weighted by atomic mass is 10.0. The SMILES string of the molecule is CSc1cccc(CN(C)C(=O)C(c2cccnc2)N2CCOCC2)c1. The zero-order valence-electron chi connectivity index (χ0n) is 15.3. The average molecular weight is 372 g/mol. The van der Waals surface area contributed by atoms with Gasteiger partial charge in [-0.25, -0.2) is 0 Å². The Morgan fingerprint density at radius 2 is 2.12 bits per heavy atom. The molecule has 1 fully saturated rings. The quantitative estimate of drug-likeness (QED) is 0.731. The Hall–Kier alpha value is -1.89. The Balaban J connectivity index is 1.79. The van der Waals surface area contributed by atoms with E-state index < -0.39 is 0 Å². The summed E-state index contributed by atoms with van der Waals surface area (Å²) in [7, 11) is 1.87. The molecule has 0 saturated carbocycles. The van der Waals surface area contributed by atoms with E-state index in [1.54, 1.807) is 24.2 Å². The fraction of sp³-hybridized carbons (Fsp3) is 0.400. The van der Waals surface area contributed by atoms with Crippen molar-refractivity contribution in [1.82, 2.24) is 14.8 Å². The zero-order chi connectivity index (χ0) is 18.4. The van der Waals surface area contributed by atoms with Gasteiger partial charge in [0.25, 0.3) is 0 Å². The maximum Gasteiger partial charge on any atom is 0.244 e. The standard InChI is InChI=1S/C20H25N3O2S/c1-22(15-16-5-3-7-18(13-16)26-2)20(24)19(17-6-4-8-21-14-17)23-9-11-25-12-10-23/h3-8,13-14,19H,9-12,15H2,1-2H3. The van der Waals surface area contributed by atoms with Crippen LogP contribution in [0.2, 0.25) is 0 Å². The maximum atomic E-state index is 13.3. The number of morpholine rings is 1. The number of nitrogens with zero attached hydrogens (tertiary/aromatic N) is 3. The minimum Gasteiger partial charge on any atom is -0.379 e. The van der Waals surface area contributed by atoms with E-state index in [4.69, 9.17) is 4.74 Å². The molecule has 0 spiro atoms. The highest BCUT2D eigenvalue weighted by atomic mass is 32.2. The number of carbonyl (C=O) groups excluding carboxylic acids is 1. The molecular formula is C20H25N3O2S. The summed E-state index contributed by atoms with van der Waals surface area (Å²) in [6.45, 7) is 3.41. The molecule has 138 valence electrons. The second-order valence-electron chi connectivity index (χ2n) is 6.38. The first-order valence-electron chi connectivity index (χ1n) is 8.78. The van der Waals surface area contributed by atoms with Crippen LogP contribution in [-0.4, -0.2) is 60.3 Å². The number of pyridine rings is 1. The first kappa shape index (κ1) is 18.9. The van der Waals surface area contributed by atoms with E-state index in [1.807, 2.05) is 30.1 Å². The lowest BCUT2D eigenvalue weighted by Crippen LogP contribution is -2.46. The molecule has 6 heteroatoms. The van der Waals surface area contributed by atoms with Crippen LogP contribution in [0.5, 0.6) is 0 Å². The number of benzene rings is 1. The van der Waals surface area contributed by atoms with Crippen molar-refractivity contribution in [3.05, 3.63) is 59.9 Å². The third-order valence-corrected chi connectivity index (χ3v) is 5.30. The third kappa shape index (κ3) is 4.63. The average Bonchev–Trinajstić information content (AvgIpc) is 2.70. The van der Waals surface area contributed by atoms with Crippen LogP contribution >= 0.6 is 11.8 Å². The van der Waals surface area contributed by atoms with Gasteiger partial charge in [0.1, 0.15) is 6.04 Å². The molecule has 1 aliphatic heterocycles. The molecule has 5 nitrogen and oxygen atoms in total. The molecule has 1 aromatic carbocycles. The fourth-order valence-electron chi connectivity index (χ4n) is 3.21. The Morgan fingerprint density at radius 3 is 2.81 bits per heavy atom. The maximum absolute atomic E-state index is 13.3. The van der Waals surface area contributed by atoms with Crippen LogP contribution in [0.3, 0.4) is 0 Å². The monoisotopic (exact) mass is 371 g/mol. The van der Waals surface area contributed by atoms with Crippen LogP contribution in [0.4, 0.5) is 0 Å². The van der Waals surface area contributed by atoms with Crippen molar-refractivity contribution in [3.63, 3.8) is 0 Å². The van der Waals surface area contributed by atoms with E-state index in [-0.39, 0.29) is 11.9 Å². The molecule has 1 atom stereocenters. The molecule has 1 aromatic heterocycles. The molecule has 3 rings (SSSR count). The lowest BCUT2D eigenvalue weighted by Gasteiger charge is -2.35. The number of hydrogen-bond donors (Lipinski definition) is 0. The van der Waals surface area contributed by atoms with Gasteiger partial charge in [-0.1, -0.05) is 18.2 Å². The summed E-state index contributed by atoms with van der Waals surface area (Å²) in [5, 5.41) is 0. The van der Waals surface area contributed by atoms with Crippen LogP contribution in [0.15, 0.2) is 53.7 Å². The predicted molar refractivity (Wildman–Crippen MR) is 104 cm³/mol. The van der Waals surface area contributed by atoms with Gasteiger partial charge in [-0.15, -0.1) is 11.8 Å². The Bertz CT molecular complexity index is 720. The summed E-state index contributed by atoms with van der Waals surface area (Å²) in [5.41, 5.74) is 2.07. The molecule has 26 heavy (non-hydrogen) atoms. The summed E-state index contributed by atoms with van der Waals surface area (Å²) in [6.07, 6.45) is 5.59. The Kier molecular flexibility index (Phi) is 6.66. The topological polar surface area (TPSA) is 45.7 Å². The van der Waals surface area contributed by atoms with Gasteiger partial charge >= 0.3 is 0 Å². The lowest BCUT2D eigenvalue weighted by molar-refractivity contribution is -0.138. The summed E-state index contributed by atoms with van der Waals surface area (Å²) >= 11 is 1.71. The van der Waals surface area contributed by atoms with E-state index >= 15 is 0 Å². The van der Waals surface area contributed by atoms with Crippen molar-refractivity contribution in [2.24, 2.45) is 0 Å². The highest BCUT2D eigenvalue weighted by Crippen LogP contribution is 2.24. The van der Waals surface area contributed by atoms with E-state index in [0.29, 0.717) is 19.8 Å². The van der Waals surface area contributed by atoms with Gasteiger partial charge < -0.3 is 9.64 Å². The van der Waals surface area contributed by atoms with Crippen molar-refractivity contribution in [2.75, 3.05) is 39.6 Å².